The lowest BCUT2D eigenvalue weighted by Gasteiger charge is -2.37. The van der Waals surface area contributed by atoms with Crippen LogP contribution in [0.3, 0.4) is 0 Å². The van der Waals surface area contributed by atoms with Crippen LogP contribution in [0.25, 0.3) is 0 Å². The number of aromatic nitrogens is 2. The minimum Gasteiger partial charge on any atom is -0.390 e. The number of aliphatic hydroxyl groups is 1. The molecule has 1 aliphatic carbocycles. The number of hydrogen-bond donors (Lipinski definition) is 1. The van der Waals surface area contributed by atoms with E-state index in [0.29, 0.717) is 25.3 Å². The van der Waals surface area contributed by atoms with Gasteiger partial charge in [-0.2, -0.15) is 5.10 Å². The highest BCUT2D eigenvalue weighted by Gasteiger charge is 2.43. The van der Waals surface area contributed by atoms with Crippen LogP contribution in [0, 0.1) is 5.92 Å². The summed E-state index contributed by atoms with van der Waals surface area (Å²) in [7, 11) is 0. The van der Waals surface area contributed by atoms with E-state index in [-0.39, 0.29) is 25.4 Å². The van der Waals surface area contributed by atoms with Crippen LogP contribution in [0.4, 0.5) is 13.2 Å². The third-order valence-corrected chi connectivity index (χ3v) is 4.28. The molecule has 1 amide bonds. The Morgan fingerprint density at radius 1 is 1.39 bits per heavy atom. The Bertz CT molecular complexity index is 582. The fraction of sp³-hybridized carbons (Fsp3) is 0.714. The maximum atomic E-state index is 12.4. The van der Waals surface area contributed by atoms with Crippen molar-refractivity contribution < 1.29 is 27.8 Å². The summed E-state index contributed by atoms with van der Waals surface area (Å²) in [6.07, 6.45) is -4.62. The Hall–Kier alpha value is -1.61. The molecule has 0 radical (unpaired) electrons. The molecule has 0 bridgehead atoms. The predicted octanol–water partition coefficient (Wildman–Crippen LogP) is 1.42. The number of nitrogens with zero attached hydrogens (tertiary/aromatic N) is 3. The SMILES string of the molecule is O=C(C1CC(OC(F)(F)F)C1)N1CCCn2nc(CO)cc2C1. The molecule has 128 valence electrons. The largest absolute Gasteiger partial charge is 0.522 e. The van der Waals surface area contributed by atoms with Crippen LogP contribution in [0.15, 0.2) is 6.07 Å². The second kappa shape index (κ2) is 6.12. The Kier molecular flexibility index (Phi) is 4.33. The number of aryl methyl sites for hydroxylation is 1. The molecular weight excluding hydrogens is 315 g/mol. The van der Waals surface area contributed by atoms with Crippen molar-refractivity contribution in [2.75, 3.05) is 6.54 Å². The van der Waals surface area contributed by atoms with Gasteiger partial charge in [-0.1, -0.05) is 0 Å². The normalized spacial score (nSPS) is 24.8. The number of amides is 1. The smallest absolute Gasteiger partial charge is 0.390 e. The highest BCUT2D eigenvalue weighted by atomic mass is 19.4. The highest BCUT2D eigenvalue weighted by molar-refractivity contribution is 5.79. The van der Waals surface area contributed by atoms with Gasteiger partial charge in [-0.05, 0) is 25.3 Å². The number of alkyl halides is 3. The zero-order chi connectivity index (χ0) is 16.6. The molecule has 6 nitrogen and oxygen atoms in total. The van der Waals surface area contributed by atoms with E-state index in [1.165, 1.54) is 0 Å². The monoisotopic (exact) mass is 333 g/mol. The topological polar surface area (TPSA) is 67.6 Å². The third-order valence-electron chi connectivity index (χ3n) is 4.28. The molecule has 1 saturated carbocycles. The molecule has 0 spiro atoms. The summed E-state index contributed by atoms with van der Waals surface area (Å²) in [6.45, 7) is 1.42. The van der Waals surface area contributed by atoms with Crippen molar-refractivity contribution in [3.8, 4) is 0 Å². The summed E-state index contributed by atoms with van der Waals surface area (Å²) in [5.74, 6) is -0.540. The summed E-state index contributed by atoms with van der Waals surface area (Å²) in [4.78, 5) is 14.1. The van der Waals surface area contributed by atoms with Gasteiger partial charge < -0.3 is 10.0 Å². The summed E-state index contributed by atoms with van der Waals surface area (Å²) < 4.78 is 42.1. The quantitative estimate of drug-likeness (QED) is 0.908. The predicted molar refractivity (Wildman–Crippen MR) is 71.8 cm³/mol. The lowest BCUT2D eigenvalue weighted by atomic mass is 9.81. The van der Waals surface area contributed by atoms with Gasteiger partial charge in [0.2, 0.25) is 5.91 Å². The fourth-order valence-corrected chi connectivity index (χ4v) is 3.10. The van der Waals surface area contributed by atoms with E-state index in [0.717, 1.165) is 12.1 Å². The van der Waals surface area contributed by atoms with Gasteiger partial charge in [0.1, 0.15) is 0 Å². The van der Waals surface area contributed by atoms with Crippen LogP contribution in [-0.2, 0) is 29.2 Å². The van der Waals surface area contributed by atoms with Crippen LogP contribution < -0.4 is 0 Å². The first-order chi connectivity index (χ1) is 10.9. The average Bonchev–Trinajstić information content (AvgIpc) is 2.72. The van der Waals surface area contributed by atoms with E-state index in [9.17, 15) is 18.0 Å². The number of halogens is 3. The van der Waals surface area contributed by atoms with Gasteiger partial charge >= 0.3 is 6.36 Å². The van der Waals surface area contributed by atoms with Crippen LogP contribution in [0.2, 0.25) is 0 Å². The molecule has 2 heterocycles. The Labute approximate surface area is 130 Å². The Balaban J connectivity index is 1.58. The minimum absolute atomic E-state index is 0.107. The number of carbonyl (C=O) groups is 1. The molecule has 9 heteroatoms. The van der Waals surface area contributed by atoms with Gasteiger partial charge in [0, 0.05) is 19.0 Å². The number of ether oxygens (including phenoxy) is 1. The molecule has 1 N–H and O–H groups in total. The number of carbonyl (C=O) groups excluding carboxylic acids is 1. The summed E-state index contributed by atoms with van der Waals surface area (Å²) >= 11 is 0. The second-order valence-corrected chi connectivity index (χ2v) is 5.98. The van der Waals surface area contributed by atoms with E-state index < -0.39 is 18.4 Å². The van der Waals surface area contributed by atoms with Gasteiger partial charge in [-0.25, -0.2) is 0 Å². The highest BCUT2D eigenvalue weighted by Crippen LogP contribution is 2.36. The van der Waals surface area contributed by atoms with Gasteiger partial charge in [0.15, 0.2) is 0 Å². The Morgan fingerprint density at radius 3 is 2.78 bits per heavy atom. The van der Waals surface area contributed by atoms with Crippen molar-refractivity contribution in [1.29, 1.82) is 0 Å². The van der Waals surface area contributed by atoms with E-state index >= 15 is 0 Å². The van der Waals surface area contributed by atoms with E-state index in [1.54, 1.807) is 15.6 Å². The first kappa shape index (κ1) is 16.3. The van der Waals surface area contributed by atoms with E-state index in [2.05, 4.69) is 9.84 Å². The molecule has 1 aromatic heterocycles. The van der Waals surface area contributed by atoms with Crippen LogP contribution in [-0.4, -0.2) is 44.7 Å². The summed E-state index contributed by atoms with van der Waals surface area (Å²) in [5.41, 5.74) is 1.39. The summed E-state index contributed by atoms with van der Waals surface area (Å²) in [6, 6.07) is 1.75. The number of fused-ring (bicyclic) bond motifs is 1. The zero-order valence-corrected chi connectivity index (χ0v) is 12.4. The number of hydrogen-bond acceptors (Lipinski definition) is 4. The summed E-state index contributed by atoms with van der Waals surface area (Å²) in [5, 5.41) is 13.4. The van der Waals surface area contributed by atoms with Crippen molar-refractivity contribution in [2.24, 2.45) is 5.92 Å². The first-order valence-electron chi connectivity index (χ1n) is 7.55. The molecule has 23 heavy (non-hydrogen) atoms. The van der Waals surface area contributed by atoms with Crippen molar-refractivity contribution in [2.45, 2.75) is 51.4 Å². The van der Waals surface area contributed by atoms with Crippen LogP contribution >= 0.6 is 0 Å². The standard InChI is InChI=1S/C14H18F3N3O3/c15-14(16,17)23-12-4-9(5-12)13(22)19-2-1-3-20-11(7-19)6-10(8-21)18-20/h6,9,12,21H,1-5,7-8H2. The number of aliphatic hydroxyl groups excluding tert-OH is 1. The molecule has 1 aromatic rings. The lowest BCUT2D eigenvalue weighted by Crippen LogP contribution is -2.45. The van der Waals surface area contributed by atoms with Crippen molar-refractivity contribution >= 4 is 5.91 Å². The van der Waals surface area contributed by atoms with Crippen molar-refractivity contribution in [3.05, 3.63) is 17.5 Å². The maximum absolute atomic E-state index is 12.4. The van der Waals surface area contributed by atoms with Gasteiger partial charge in [-0.3, -0.25) is 14.2 Å². The van der Waals surface area contributed by atoms with Gasteiger partial charge in [0.05, 0.1) is 30.6 Å². The second-order valence-electron chi connectivity index (χ2n) is 5.98. The molecule has 0 aromatic carbocycles. The zero-order valence-electron chi connectivity index (χ0n) is 12.4. The third kappa shape index (κ3) is 3.66. The number of rotatable bonds is 3. The Morgan fingerprint density at radius 2 is 2.13 bits per heavy atom. The van der Waals surface area contributed by atoms with E-state index in [1.807, 2.05) is 0 Å². The van der Waals surface area contributed by atoms with E-state index in [4.69, 9.17) is 5.11 Å². The first-order valence-corrected chi connectivity index (χ1v) is 7.55. The molecule has 0 unspecified atom stereocenters. The molecule has 1 aliphatic heterocycles. The minimum atomic E-state index is -4.64. The average molecular weight is 333 g/mol. The van der Waals surface area contributed by atoms with Gasteiger partial charge in [-0.15, -0.1) is 13.2 Å². The molecule has 2 aliphatic rings. The molecule has 0 atom stereocenters. The molecule has 0 saturated heterocycles. The fourth-order valence-electron chi connectivity index (χ4n) is 3.10. The van der Waals surface area contributed by atoms with Crippen LogP contribution in [0.5, 0.6) is 0 Å². The molecular formula is C14H18F3N3O3. The van der Waals surface area contributed by atoms with Crippen molar-refractivity contribution in [3.63, 3.8) is 0 Å². The maximum Gasteiger partial charge on any atom is 0.522 e. The molecule has 1 fully saturated rings. The van der Waals surface area contributed by atoms with Gasteiger partial charge in [0.25, 0.3) is 0 Å². The lowest BCUT2D eigenvalue weighted by molar-refractivity contribution is -0.353. The molecule has 3 rings (SSSR count). The van der Waals surface area contributed by atoms with Crippen molar-refractivity contribution in [1.82, 2.24) is 14.7 Å². The van der Waals surface area contributed by atoms with Crippen LogP contribution in [0.1, 0.15) is 30.7 Å².